The van der Waals surface area contributed by atoms with E-state index < -0.39 is 0 Å². The van der Waals surface area contributed by atoms with Gasteiger partial charge in [-0.25, -0.2) is 0 Å². The zero-order valence-corrected chi connectivity index (χ0v) is 12.5. The molecule has 0 aliphatic rings. The van der Waals surface area contributed by atoms with Gasteiger partial charge >= 0.3 is 0 Å². The molecule has 0 saturated carbocycles. The Kier molecular flexibility index (Phi) is 4.70. The molecule has 0 heterocycles. The van der Waals surface area contributed by atoms with Gasteiger partial charge in [0.25, 0.3) is 5.91 Å². The molecular weight excluding hydrogens is 288 g/mol. The predicted octanol–water partition coefficient (Wildman–Crippen LogP) is 3.68. The Bertz CT molecular complexity index is 658. The van der Waals surface area contributed by atoms with Crippen LogP contribution in [0.3, 0.4) is 0 Å². The van der Waals surface area contributed by atoms with Crippen molar-refractivity contribution in [2.75, 3.05) is 17.2 Å². The summed E-state index contributed by atoms with van der Waals surface area (Å²) >= 11 is 6.07. The molecule has 0 aliphatic heterocycles. The number of carbonyl (C=O) groups is 1. The highest BCUT2D eigenvalue weighted by Crippen LogP contribution is 2.26. The first-order chi connectivity index (χ1) is 10.0. The number of phenols is 1. The first kappa shape index (κ1) is 15.2. The van der Waals surface area contributed by atoms with Crippen LogP contribution in [0.5, 0.6) is 5.75 Å². The largest absolute Gasteiger partial charge is 0.508 e. The van der Waals surface area contributed by atoms with Gasteiger partial charge in [-0.05, 0) is 42.8 Å². The van der Waals surface area contributed by atoms with Crippen LogP contribution in [0.15, 0.2) is 42.5 Å². The summed E-state index contributed by atoms with van der Waals surface area (Å²) in [6.07, 6.45) is 0.789. The van der Waals surface area contributed by atoms with E-state index in [1.54, 1.807) is 23.1 Å². The van der Waals surface area contributed by atoms with Crippen molar-refractivity contribution in [1.29, 1.82) is 0 Å². The molecule has 2 aromatic rings. The van der Waals surface area contributed by atoms with Crippen LogP contribution in [0, 0.1) is 0 Å². The summed E-state index contributed by atoms with van der Waals surface area (Å²) in [6.45, 7) is 2.52. The Morgan fingerprint density at radius 3 is 2.71 bits per heavy atom. The van der Waals surface area contributed by atoms with Crippen LogP contribution in [0.4, 0.5) is 11.4 Å². The zero-order valence-electron chi connectivity index (χ0n) is 11.7. The molecule has 0 aromatic heterocycles. The number of amides is 1. The zero-order chi connectivity index (χ0) is 15.4. The van der Waals surface area contributed by atoms with Gasteiger partial charge in [-0.1, -0.05) is 24.6 Å². The molecule has 1 amide bonds. The van der Waals surface area contributed by atoms with E-state index in [2.05, 4.69) is 0 Å². The second kappa shape index (κ2) is 6.50. The van der Waals surface area contributed by atoms with Crippen LogP contribution in [0.25, 0.3) is 0 Å². The number of rotatable bonds is 4. The van der Waals surface area contributed by atoms with Gasteiger partial charge in [0.2, 0.25) is 0 Å². The van der Waals surface area contributed by atoms with Crippen molar-refractivity contribution in [1.82, 2.24) is 0 Å². The molecule has 5 heteroatoms. The minimum absolute atomic E-state index is 0.00627. The van der Waals surface area contributed by atoms with Gasteiger partial charge in [0, 0.05) is 17.9 Å². The number of phenolic OH excluding ortho intramolecular Hbond substituents is 1. The second-order valence-electron chi connectivity index (χ2n) is 4.72. The molecule has 0 saturated heterocycles. The molecule has 21 heavy (non-hydrogen) atoms. The third-order valence-corrected chi connectivity index (χ3v) is 3.38. The lowest BCUT2D eigenvalue weighted by molar-refractivity contribution is 0.0986. The number of halogens is 1. The fourth-order valence-corrected chi connectivity index (χ4v) is 2.29. The summed E-state index contributed by atoms with van der Waals surface area (Å²) in [4.78, 5) is 14.3. The van der Waals surface area contributed by atoms with Crippen LogP contribution < -0.4 is 10.6 Å². The van der Waals surface area contributed by atoms with Gasteiger partial charge in [0.1, 0.15) is 5.75 Å². The SMILES string of the molecule is CCCN(C(=O)c1cc(O)ccc1Cl)c1cccc(N)c1. The minimum atomic E-state index is -0.261. The number of nitrogen functional groups attached to an aromatic ring is 1. The third-order valence-electron chi connectivity index (χ3n) is 3.05. The van der Waals surface area contributed by atoms with E-state index in [0.29, 0.717) is 22.9 Å². The van der Waals surface area contributed by atoms with E-state index in [0.717, 1.165) is 6.42 Å². The lowest BCUT2D eigenvalue weighted by Crippen LogP contribution is -2.31. The average molecular weight is 305 g/mol. The Morgan fingerprint density at radius 1 is 1.29 bits per heavy atom. The summed E-state index contributed by atoms with van der Waals surface area (Å²) in [5.74, 6) is -0.255. The van der Waals surface area contributed by atoms with Crippen LogP contribution in [0.1, 0.15) is 23.7 Å². The molecule has 0 aliphatic carbocycles. The molecule has 3 N–H and O–H groups in total. The summed E-state index contributed by atoms with van der Waals surface area (Å²) < 4.78 is 0. The first-order valence-corrected chi connectivity index (χ1v) is 7.06. The van der Waals surface area contributed by atoms with E-state index in [9.17, 15) is 9.90 Å². The lowest BCUT2D eigenvalue weighted by Gasteiger charge is -2.23. The number of aromatic hydroxyl groups is 1. The van der Waals surface area contributed by atoms with Crippen molar-refractivity contribution in [2.24, 2.45) is 0 Å². The number of benzene rings is 2. The Labute approximate surface area is 128 Å². The van der Waals surface area contributed by atoms with Gasteiger partial charge in [-0.15, -0.1) is 0 Å². The Balaban J connectivity index is 2.42. The predicted molar refractivity (Wildman–Crippen MR) is 85.9 cm³/mol. The highest BCUT2D eigenvalue weighted by atomic mass is 35.5. The molecule has 110 valence electrons. The number of carbonyl (C=O) groups excluding carboxylic acids is 1. The minimum Gasteiger partial charge on any atom is -0.508 e. The van der Waals surface area contributed by atoms with Crippen LogP contribution in [-0.2, 0) is 0 Å². The van der Waals surface area contributed by atoms with Crippen LogP contribution in [-0.4, -0.2) is 17.6 Å². The fourth-order valence-electron chi connectivity index (χ4n) is 2.09. The summed E-state index contributed by atoms with van der Waals surface area (Å²) in [6, 6.07) is 11.5. The van der Waals surface area contributed by atoms with E-state index in [1.807, 2.05) is 13.0 Å². The monoisotopic (exact) mass is 304 g/mol. The quantitative estimate of drug-likeness (QED) is 0.847. The number of nitrogens with two attached hydrogens (primary N) is 1. The van der Waals surface area contributed by atoms with Crippen molar-refractivity contribution in [3.8, 4) is 5.75 Å². The fraction of sp³-hybridized carbons (Fsp3) is 0.188. The molecule has 4 nitrogen and oxygen atoms in total. The van der Waals surface area contributed by atoms with Crippen molar-refractivity contribution in [3.05, 3.63) is 53.1 Å². The molecular formula is C16H17ClN2O2. The van der Waals surface area contributed by atoms with Gasteiger partial charge in [-0.3, -0.25) is 4.79 Å². The van der Waals surface area contributed by atoms with E-state index in [-0.39, 0.29) is 17.2 Å². The van der Waals surface area contributed by atoms with Crippen LogP contribution >= 0.6 is 11.6 Å². The molecule has 2 rings (SSSR count). The Morgan fingerprint density at radius 2 is 2.05 bits per heavy atom. The molecule has 2 aromatic carbocycles. The van der Waals surface area contributed by atoms with E-state index in [4.69, 9.17) is 17.3 Å². The summed E-state index contributed by atoms with van der Waals surface area (Å²) in [5.41, 5.74) is 7.35. The van der Waals surface area contributed by atoms with Crippen molar-refractivity contribution >= 4 is 28.9 Å². The topological polar surface area (TPSA) is 66.6 Å². The van der Waals surface area contributed by atoms with Gasteiger partial charge in [0.15, 0.2) is 0 Å². The van der Waals surface area contributed by atoms with Crippen LogP contribution in [0.2, 0.25) is 5.02 Å². The summed E-state index contributed by atoms with van der Waals surface area (Å²) in [7, 11) is 0. The molecule has 0 spiro atoms. The smallest absolute Gasteiger partial charge is 0.259 e. The average Bonchev–Trinajstić information content (AvgIpc) is 2.46. The number of hydrogen-bond acceptors (Lipinski definition) is 3. The number of hydrogen-bond donors (Lipinski definition) is 2. The van der Waals surface area contributed by atoms with E-state index in [1.165, 1.54) is 18.2 Å². The standard InChI is InChI=1S/C16H17ClN2O2/c1-2-8-19(12-5-3-4-11(18)9-12)16(21)14-10-13(20)6-7-15(14)17/h3-7,9-10,20H,2,8,18H2,1H3. The summed E-state index contributed by atoms with van der Waals surface area (Å²) in [5, 5.41) is 9.87. The molecule has 0 atom stereocenters. The maximum atomic E-state index is 12.7. The molecule has 0 unspecified atom stereocenters. The van der Waals surface area contributed by atoms with Gasteiger partial charge < -0.3 is 15.7 Å². The molecule has 0 fully saturated rings. The Hall–Kier alpha value is -2.20. The van der Waals surface area contributed by atoms with Crippen molar-refractivity contribution in [2.45, 2.75) is 13.3 Å². The van der Waals surface area contributed by atoms with Gasteiger partial charge in [-0.2, -0.15) is 0 Å². The molecule has 0 radical (unpaired) electrons. The number of anilines is 2. The first-order valence-electron chi connectivity index (χ1n) is 6.69. The maximum Gasteiger partial charge on any atom is 0.259 e. The lowest BCUT2D eigenvalue weighted by atomic mass is 10.1. The highest BCUT2D eigenvalue weighted by Gasteiger charge is 2.20. The van der Waals surface area contributed by atoms with Crippen molar-refractivity contribution in [3.63, 3.8) is 0 Å². The second-order valence-corrected chi connectivity index (χ2v) is 5.12. The number of nitrogens with zero attached hydrogens (tertiary/aromatic N) is 1. The molecule has 0 bridgehead atoms. The maximum absolute atomic E-state index is 12.7. The highest BCUT2D eigenvalue weighted by molar-refractivity contribution is 6.34. The third kappa shape index (κ3) is 3.47. The van der Waals surface area contributed by atoms with Gasteiger partial charge in [0.05, 0.1) is 10.6 Å². The van der Waals surface area contributed by atoms with Crippen molar-refractivity contribution < 1.29 is 9.90 Å². The van der Waals surface area contributed by atoms with E-state index >= 15 is 0 Å². The normalized spacial score (nSPS) is 10.4.